The fourth-order valence-electron chi connectivity index (χ4n) is 2.21. The van der Waals surface area contributed by atoms with E-state index in [1.165, 1.54) is 19.3 Å². The summed E-state index contributed by atoms with van der Waals surface area (Å²) in [7, 11) is 0. The van der Waals surface area contributed by atoms with Gasteiger partial charge in [0.2, 0.25) is 0 Å². The highest BCUT2D eigenvalue weighted by Crippen LogP contribution is 2.24. The fraction of sp³-hybridized carbons (Fsp3) is 0.600. The molecule has 2 atom stereocenters. The quantitative estimate of drug-likeness (QED) is 0.707. The lowest BCUT2D eigenvalue weighted by molar-refractivity contribution is 0.132. The molecular weight excluding hydrogens is 246 g/mol. The summed E-state index contributed by atoms with van der Waals surface area (Å²) in [4.78, 5) is 0. The van der Waals surface area contributed by atoms with Gasteiger partial charge in [-0.15, -0.1) is 0 Å². The molecule has 102 valence electrons. The minimum atomic E-state index is -0.354. The number of benzene rings is 1. The molecule has 18 heavy (non-hydrogen) atoms. The minimum absolute atomic E-state index is 0.0175. The van der Waals surface area contributed by atoms with Crippen molar-refractivity contribution in [3.8, 4) is 0 Å². The van der Waals surface area contributed by atoms with Gasteiger partial charge in [0, 0.05) is 17.5 Å². The highest BCUT2D eigenvalue weighted by Gasteiger charge is 2.19. The van der Waals surface area contributed by atoms with E-state index < -0.39 is 0 Å². The first kappa shape index (κ1) is 15.5. The van der Waals surface area contributed by atoms with Crippen LogP contribution in [0.15, 0.2) is 24.3 Å². The molecule has 0 saturated heterocycles. The molecule has 0 aliphatic rings. The van der Waals surface area contributed by atoms with Crippen LogP contribution in [0.2, 0.25) is 5.02 Å². The SMILES string of the molecule is CCCCCCC(O)C(CN)c1ccc(Cl)cc1. The molecule has 0 heterocycles. The van der Waals surface area contributed by atoms with E-state index in [0.717, 1.165) is 18.4 Å². The Labute approximate surface area is 115 Å². The standard InChI is InChI=1S/C15H24ClNO/c1-2-3-4-5-6-15(18)14(11-17)12-7-9-13(16)10-8-12/h7-10,14-15,18H,2-6,11,17H2,1H3. The molecule has 0 radical (unpaired) electrons. The molecule has 3 heteroatoms. The van der Waals surface area contributed by atoms with Crippen LogP contribution in [0.5, 0.6) is 0 Å². The van der Waals surface area contributed by atoms with E-state index in [4.69, 9.17) is 17.3 Å². The summed E-state index contributed by atoms with van der Waals surface area (Å²) < 4.78 is 0. The number of hydrogen-bond acceptors (Lipinski definition) is 2. The summed E-state index contributed by atoms with van der Waals surface area (Å²) in [6.45, 7) is 2.66. The molecule has 0 aliphatic carbocycles. The zero-order valence-corrected chi connectivity index (χ0v) is 11.9. The first-order valence-electron chi connectivity index (χ1n) is 6.82. The molecule has 0 aliphatic heterocycles. The van der Waals surface area contributed by atoms with E-state index in [-0.39, 0.29) is 12.0 Å². The summed E-state index contributed by atoms with van der Waals surface area (Å²) in [6, 6.07) is 7.61. The van der Waals surface area contributed by atoms with Crippen LogP contribution in [-0.4, -0.2) is 17.8 Å². The molecule has 0 bridgehead atoms. The second kappa shape index (κ2) is 8.52. The normalized spacial score (nSPS) is 14.4. The van der Waals surface area contributed by atoms with Crippen molar-refractivity contribution >= 4 is 11.6 Å². The van der Waals surface area contributed by atoms with Crippen molar-refractivity contribution in [1.29, 1.82) is 0 Å². The van der Waals surface area contributed by atoms with Crippen molar-refractivity contribution in [2.24, 2.45) is 5.73 Å². The first-order chi connectivity index (χ1) is 8.69. The van der Waals surface area contributed by atoms with Crippen LogP contribution in [0.3, 0.4) is 0 Å². The molecule has 0 amide bonds. The van der Waals surface area contributed by atoms with Gasteiger partial charge in [-0.2, -0.15) is 0 Å². The lowest BCUT2D eigenvalue weighted by Gasteiger charge is -2.22. The van der Waals surface area contributed by atoms with Gasteiger partial charge >= 0.3 is 0 Å². The average molecular weight is 270 g/mol. The smallest absolute Gasteiger partial charge is 0.0620 e. The Bertz CT molecular complexity index is 326. The van der Waals surface area contributed by atoms with Crippen LogP contribution < -0.4 is 5.73 Å². The second-order valence-corrected chi connectivity index (χ2v) is 5.25. The average Bonchev–Trinajstić information content (AvgIpc) is 2.38. The van der Waals surface area contributed by atoms with Gasteiger partial charge in [0.25, 0.3) is 0 Å². The van der Waals surface area contributed by atoms with Crippen LogP contribution in [0.25, 0.3) is 0 Å². The minimum Gasteiger partial charge on any atom is -0.392 e. The van der Waals surface area contributed by atoms with Crippen molar-refractivity contribution in [2.45, 2.75) is 51.0 Å². The largest absolute Gasteiger partial charge is 0.392 e. The molecule has 0 saturated carbocycles. The Balaban J connectivity index is 2.51. The molecule has 1 aromatic carbocycles. The van der Waals surface area contributed by atoms with Crippen LogP contribution in [0.1, 0.15) is 50.5 Å². The van der Waals surface area contributed by atoms with E-state index in [0.29, 0.717) is 11.6 Å². The summed E-state index contributed by atoms with van der Waals surface area (Å²) >= 11 is 5.86. The van der Waals surface area contributed by atoms with Crippen LogP contribution in [-0.2, 0) is 0 Å². The van der Waals surface area contributed by atoms with Crippen LogP contribution in [0.4, 0.5) is 0 Å². The van der Waals surface area contributed by atoms with E-state index in [1.54, 1.807) is 0 Å². The Morgan fingerprint density at radius 3 is 2.39 bits per heavy atom. The Kier molecular flexibility index (Phi) is 7.33. The highest BCUT2D eigenvalue weighted by molar-refractivity contribution is 6.30. The third-order valence-corrected chi connectivity index (χ3v) is 3.62. The van der Waals surface area contributed by atoms with Gasteiger partial charge < -0.3 is 10.8 Å². The maximum Gasteiger partial charge on any atom is 0.0620 e. The number of rotatable bonds is 8. The maximum absolute atomic E-state index is 10.2. The van der Waals surface area contributed by atoms with E-state index in [2.05, 4.69) is 6.92 Å². The third kappa shape index (κ3) is 4.97. The molecule has 2 nitrogen and oxygen atoms in total. The number of aliphatic hydroxyl groups excluding tert-OH is 1. The summed E-state index contributed by atoms with van der Waals surface area (Å²) in [6.07, 6.45) is 5.18. The predicted molar refractivity (Wildman–Crippen MR) is 78.0 cm³/mol. The van der Waals surface area contributed by atoms with Gasteiger partial charge in [-0.1, -0.05) is 56.3 Å². The zero-order valence-electron chi connectivity index (χ0n) is 11.1. The Morgan fingerprint density at radius 2 is 1.83 bits per heavy atom. The lowest BCUT2D eigenvalue weighted by Crippen LogP contribution is -2.25. The van der Waals surface area contributed by atoms with Gasteiger partial charge in [-0.25, -0.2) is 0 Å². The van der Waals surface area contributed by atoms with Crippen molar-refractivity contribution in [2.75, 3.05) is 6.54 Å². The Morgan fingerprint density at radius 1 is 1.17 bits per heavy atom. The molecule has 2 unspecified atom stereocenters. The summed E-state index contributed by atoms with van der Waals surface area (Å²) in [5.41, 5.74) is 6.86. The molecular formula is C15H24ClNO. The fourth-order valence-corrected chi connectivity index (χ4v) is 2.33. The zero-order chi connectivity index (χ0) is 13.4. The van der Waals surface area contributed by atoms with Crippen molar-refractivity contribution < 1.29 is 5.11 Å². The summed E-state index contributed by atoms with van der Waals surface area (Å²) in [5, 5.41) is 10.9. The Hall–Kier alpha value is -0.570. The number of halogens is 1. The van der Waals surface area contributed by atoms with E-state index in [1.807, 2.05) is 24.3 Å². The first-order valence-corrected chi connectivity index (χ1v) is 7.20. The molecule has 0 spiro atoms. The molecule has 3 N–H and O–H groups in total. The highest BCUT2D eigenvalue weighted by atomic mass is 35.5. The number of hydrogen-bond donors (Lipinski definition) is 2. The van der Waals surface area contributed by atoms with Gasteiger partial charge in [-0.05, 0) is 24.1 Å². The molecule has 0 aromatic heterocycles. The van der Waals surface area contributed by atoms with Gasteiger partial charge in [0.05, 0.1) is 6.10 Å². The number of aliphatic hydroxyl groups is 1. The predicted octanol–water partition coefficient (Wildman–Crippen LogP) is 3.71. The monoisotopic (exact) mass is 269 g/mol. The van der Waals surface area contributed by atoms with Gasteiger partial charge in [0.15, 0.2) is 0 Å². The number of unbranched alkanes of at least 4 members (excludes halogenated alkanes) is 3. The van der Waals surface area contributed by atoms with Crippen molar-refractivity contribution in [1.82, 2.24) is 0 Å². The molecule has 0 fully saturated rings. The summed E-state index contributed by atoms with van der Waals surface area (Å²) in [5.74, 6) is 0.0175. The third-order valence-electron chi connectivity index (χ3n) is 3.37. The van der Waals surface area contributed by atoms with E-state index in [9.17, 15) is 5.11 Å². The lowest BCUT2D eigenvalue weighted by atomic mass is 9.90. The molecule has 1 aromatic rings. The van der Waals surface area contributed by atoms with Crippen LogP contribution in [0, 0.1) is 0 Å². The number of nitrogens with two attached hydrogens (primary N) is 1. The topological polar surface area (TPSA) is 46.2 Å². The van der Waals surface area contributed by atoms with Gasteiger partial charge in [-0.3, -0.25) is 0 Å². The van der Waals surface area contributed by atoms with Gasteiger partial charge in [0.1, 0.15) is 0 Å². The van der Waals surface area contributed by atoms with Crippen LogP contribution >= 0.6 is 11.6 Å². The molecule has 1 rings (SSSR count). The van der Waals surface area contributed by atoms with Crippen molar-refractivity contribution in [3.63, 3.8) is 0 Å². The van der Waals surface area contributed by atoms with E-state index >= 15 is 0 Å². The second-order valence-electron chi connectivity index (χ2n) is 4.81. The van der Waals surface area contributed by atoms with Crippen molar-refractivity contribution in [3.05, 3.63) is 34.9 Å². The maximum atomic E-state index is 10.2.